The molecule has 0 bridgehead atoms. The Balaban J connectivity index is 1.36. The molecule has 172 valence electrons. The number of aryl methyl sites for hydroxylation is 1. The number of piperidine rings is 1. The molecule has 0 aliphatic carbocycles. The lowest BCUT2D eigenvalue weighted by atomic mass is 9.81. The molecule has 0 atom stereocenters. The summed E-state index contributed by atoms with van der Waals surface area (Å²) in [5, 5.41) is 4.49. The lowest BCUT2D eigenvalue weighted by molar-refractivity contribution is -0.00184. The lowest BCUT2D eigenvalue weighted by Crippen LogP contribution is -2.49. The van der Waals surface area contributed by atoms with Crippen LogP contribution >= 0.6 is 0 Å². The van der Waals surface area contributed by atoms with Crippen LogP contribution in [0.15, 0.2) is 48.7 Å². The maximum Gasteiger partial charge on any atom is 0.256 e. The number of fused-ring (bicyclic) bond motifs is 4. The highest BCUT2D eigenvalue weighted by molar-refractivity contribution is 5.94. The number of rotatable bonds is 2. The van der Waals surface area contributed by atoms with Crippen LogP contribution in [-0.2, 0) is 12.6 Å². The third-order valence-electron chi connectivity index (χ3n) is 6.33. The molecule has 0 N–H and O–H groups in total. The van der Waals surface area contributed by atoms with Crippen LogP contribution in [0.1, 0.15) is 49.5 Å². The Hall–Kier alpha value is -3.35. The summed E-state index contributed by atoms with van der Waals surface area (Å²) in [6.07, 6.45) is 3.09. The molecule has 2 aliphatic rings. The highest BCUT2D eigenvalue weighted by Crippen LogP contribution is 2.49. The largest absolute Gasteiger partial charge is 0.488 e. The van der Waals surface area contributed by atoms with E-state index in [0.717, 1.165) is 22.6 Å². The molecule has 2 aliphatic heterocycles. The number of nitrogens with zero attached hydrogens (tertiary/aromatic N) is 3. The molecule has 1 fully saturated rings. The Labute approximate surface area is 192 Å². The maximum atomic E-state index is 14.8. The molecule has 0 radical (unpaired) electrons. The topological polar surface area (TPSA) is 56.6 Å². The molecule has 7 heteroatoms. The number of para-hydroxylation sites is 1. The van der Waals surface area contributed by atoms with Crippen molar-refractivity contribution >= 4 is 5.91 Å². The van der Waals surface area contributed by atoms with E-state index in [1.165, 1.54) is 12.1 Å². The summed E-state index contributed by atoms with van der Waals surface area (Å²) >= 11 is 0. The minimum Gasteiger partial charge on any atom is -0.488 e. The van der Waals surface area contributed by atoms with E-state index >= 15 is 0 Å². The first-order valence-corrected chi connectivity index (χ1v) is 11.3. The molecular weight excluding hydrogens is 421 g/mol. The van der Waals surface area contributed by atoms with Gasteiger partial charge in [0.1, 0.15) is 28.5 Å². The van der Waals surface area contributed by atoms with Gasteiger partial charge in [-0.2, -0.15) is 5.10 Å². The van der Waals surface area contributed by atoms with Crippen molar-refractivity contribution in [2.24, 2.45) is 7.05 Å². The fourth-order valence-electron chi connectivity index (χ4n) is 4.81. The van der Waals surface area contributed by atoms with Crippen LogP contribution in [0.25, 0.3) is 11.3 Å². The van der Waals surface area contributed by atoms with Gasteiger partial charge in [0.05, 0.1) is 17.5 Å². The second-order valence-electron chi connectivity index (χ2n) is 9.77. The number of aromatic nitrogens is 2. The van der Waals surface area contributed by atoms with E-state index in [0.29, 0.717) is 31.7 Å². The molecule has 6 nitrogen and oxygen atoms in total. The number of carbonyl (C=O) groups is 1. The van der Waals surface area contributed by atoms with Gasteiger partial charge in [0, 0.05) is 50.2 Å². The molecule has 5 rings (SSSR count). The van der Waals surface area contributed by atoms with Crippen molar-refractivity contribution in [1.29, 1.82) is 0 Å². The zero-order valence-corrected chi connectivity index (χ0v) is 19.4. The number of amides is 1. The van der Waals surface area contributed by atoms with E-state index in [1.807, 2.05) is 63.0 Å². The van der Waals surface area contributed by atoms with Crippen molar-refractivity contribution in [3.8, 4) is 22.8 Å². The molecule has 3 aromatic rings. The van der Waals surface area contributed by atoms with Gasteiger partial charge in [0.15, 0.2) is 0 Å². The fourth-order valence-corrected chi connectivity index (χ4v) is 4.81. The SMILES string of the molecule is Cn1ncc2c1-c1ccccc1OC21CCN(C(=O)c2ccc(OC(C)(C)C)cc2F)CC1. The van der Waals surface area contributed by atoms with Crippen molar-refractivity contribution in [1.82, 2.24) is 14.7 Å². The first kappa shape index (κ1) is 21.5. The Morgan fingerprint density at radius 1 is 1.15 bits per heavy atom. The van der Waals surface area contributed by atoms with Gasteiger partial charge in [-0.3, -0.25) is 9.48 Å². The van der Waals surface area contributed by atoms with E-state index in [1.54, 1.807) is 11.0 Å². The number of hydrogen-bond donors (Lipinski definition) is 0. The summed E-state index contributed by atoms with van der Waals surface area (Å²) in [6, 6.07) is 12.4. The molecule has 33 heavy (non-hydrogen) atoms. The summed E-state index contributed by atoms with van der Waals surface area (Å²) in [5.41, 5.74) is 2.20. The maximum absolute atomic E-state index is 14.8. The lowest BCUT2D eigenvalue weighted by Gasteiger charge is -2.44. The normalized spacial score (nSPS) is 16.7. The first-order chi connectivity index (χ1) is 15.7. The average Bonchev–Trinajstić information content (AvgIpc) is 3.16. The van der Waals surface area contributed by atoms with Gasteiger partial charge >= 0.3 is 0 Å². The van der Waals surface area contributed by atoms with Gasteiger partial charge in [0.2, 0.25) is 0 Å². The molecule has 1 spiro atoms. The van der Waals surface area contributed by atoms with Crippen LogP contribution in [0.3, 0.4) is 0 Å². The molecule has 0 saturated carbocycles. The Kier molecular flexibility index (Phi) is 4.96. The standard InChI is InChI=1S/C26H28FN3O3/c1-25(2,3)32-17-9-10-18(21(27)15-17)24(31)30-13-11-26(12-14-30)20-16-28-29(4)23(20)19-7-5-6-8-22(19)33-26/h5-10,15-16H,11-14H2,1-4H3. The van der Waals surface area contributed by atoms with Gasteiger partial charge in [-0.15, -0.1) is 0 Å². The Bertz CT molecular complexity index is 1220. The minimum absolute atomic E-state index is 0.0594. The third kappa shape index (κ3) is 3.75. The number of benzene rings is 2. The van der Waals surface area contributed by atoms with Crippen LogP contribution in [0.4, 0.5) is 4.39 Å². The molecule has 2 aromatic carbocycles. The Morgan fingerprint density at radius 2 is 1.88 bits per heavy atom. The minimum atomic E-state index is -0.570. The zero-order chi connectivity index (χ0) is 23.4. The van der Waals surface area contributed by atoms with Gasteiger partial charge in [-0.25, -0.2) is 4.39 Å². The summed E-state index contributed by atoms with van der Waals surface area (Å²) in [6.45, 7) is 6.62. The van der Waals surface area contributed by atoms with Gasteiger partial charge in [0.25, 0.3) is 5.91 Å². The second kappa shape index (κ2) is 7.61. The molecule has 1 saturated heterocycles. The highest BCUT2D eigenvalue weighted by atomic mass is 19.1. The fraction of sp³-hybridized carbons (Fsp3) is 0.385. The molecule has 0 unspecified atom stereocenters. The summed E-state index contributed by atoms with van der Waals surface area (Å²) in [4.78, 5) is 14.8. The molecule has 3 heterocycles. The summed E-state index contributed by atoms with van der Waals surface area (Å²) in [7, 11) is 1.93. The Morgan fingerprint density at radius 3 is 2.58 bits per heavy atom. The number of likely N-dealkylation sites (tertiary alicyclic amines) is 1. The first-order valence-electron chi connectivity index (χ1n) is 11.3. The smallest absolute Gasteiger partial charge is 0.256 e. The van der Waals surface area contributed by atoms with Crippen molar-refractivity contribution in [2.45, 2.75) is 44.8 Å². The molecular formula is C26H28FN3O3. The third-order valence-corrected chi connectivity index (χ3v) is 6.33. The van der Waals surface area contributed by atoms with Gasteiger partial charge in [-0.05, 0) is 45.0 Å². The average molecular weight is 450 g/mol. The zero-order valence-electron chi connectivity index (χ0n) is 19.4. The van der Waals surface area contributed by atoms with Gasteiger partial charge < -0.3 is 14.4 Å². The van der Waals surface area contributed by atoms with Gasteiger partial charge in [-0.1, -0.05) is 12.1 Å². The molecule has 1 aromatic heterocycles. The second-order valence-corrected chi connectivity index (χ2v) is 9.77. The summed E-state index contributed by atoms with van der Waals surface area (Å²) in [5.74, 6) is 0.355. The predicted molar refractivity (Wildman–Crippen MR) is 123 cm³/mol. The number of hydrogen-bond acceptors (Lipinski definition) is 4. The van der Waals surface area contributed by atoms with E-state index in [4.69, 9.17) is 9.47 Å². The van der Waals surface area contributed by atoms with Crippen LogP contribution in [0.5, 0.6) is 11.5 Å². The van der Waals surface area contributed by atoms with E-state index in [9.17, 15) is 9.18 Å². The van der Waals surface area contributed by atoms with Crippen molar-refractivity contribution in [3.05, 3.63) is 65.6 Å². The molecule has 1 amide bonds. The number of halogens is 1. The summed E-state index contributed by atoms with van der Waals surface area (Å²) < 4.78 is 28.9. The van der Waals surface area contributed by atoms with Crippen molar-refractivity contribution in [2.75, 3.05) is 13.1 Å². The number of ether oxygens (including phenoxy) is 2. The van der Waals surface area contributed by atoms with Crippen molar-refractivity contribution < 1.29 is 18.7 Å². The monoisotopic (exact) mass is 449 g/mol. The van der Waals surface area contributed by atoms with Crippen LogP contribution < -0.4 is 9.47 Å². The van der Waals surface area contributed by atoms with Crippen LogP contribution in [-0.4, -0.2) is 39.3 Å². The van der Waals surface area contributed by atoms with Crippen molar-refractivity contribution in [3.63, 3.8) is 0 Å². The van der Waals surface area contributed by atoms with Crippen LogP contribution in [0, 0.1) is 5.82 Å². The number of carbonyl (C=O) groups excluding carboxylic acids is 1. The van der Waals surface area contributed by atoms with E-state index in [-0.39, 0.29) is 11.5 Å². The quantitative estimate of drug-likeness (QED) is 0.557. The van der Waals surface area contributed by atoms with Crippen LogP contribution in [0.2, 0.25) is 0 Å². The predicted octanol–water partition coefficient (Wildman–Crippen LogP) is 4.93. The van der Waals surface area contributed by atoms with E-state index < -0.39 is 17.0 Å². The highest BCUT2D eigenvalue weighted by Gasteiger charge is 2.46. The van der Waals surface area contributed by atoms with E-state index in [2.05, 4.69) is 5.10 Å².